The van der Waals surface area contributed by atoms with Crippen molar-refractivity contribution in [2.24, 2.45) is 0 Å². The molecule has 8 heteroatoms. The summed E-state index contributed by atoms with van der Waals surface area (Å²) in [5.74, 6) is -1.33. The summed E-state index contributed by atoms with van der Waals surface area (Å²) in [6, 6.07) is 20.6. The molecule has 3 aromatic carbocycles. The minimum absolute atomic E-state index is 0.0179. The van der Waals surface area contributed by atoms with E-state index in [1.54, 1.807) is 72.8 Å². The molecule has 0 atom stereocenters. The summed E-state index contributed by atoms with van der Waals surface area (Å²) >= 11 is 0. The number of anilines is 1. The number of fused-ring (bicyclic) bond motifs is 1. The molecule has 8 nitrogen and oxygen atoms in total. The first-order valence-corrected chi connectivity index (χ1v) is 11.3. The van der Waals surface area contributed by atoms with Crippen molar-refractivity contribution in [1.29, 1.82) is 0 Å². The van der Waals surface area contributed by atoms with Gasteiger partial charge in [-0.3, -0.25) is 24.1 Å². The summed E-state index contributed by atoms with van der Waals surface area (Å²) in [5.41, 5.74) is 2.00. The lowest BCUT2D eigenvalue weighted by Crippen LogP contribution is -2.29. The van der Waals surface area contributed by atoms with Crippen molar-refractivity contribution in [2.45, 2.75) is 6.54 Å². The van der Waals surface area contributed by atoms with Gasteiger partial charge in [-0.1, -0.05) is 18.2 Å². The van der Waals surface area contributed by atoms with Crippen LogP contribution in [0.3, 0.4) is 0 Å². The van der Waals surface area contributed by atoms with Crippen LogP contribution in [0.2, 0.25) is 0 Å². The van der Waals surface area contributed by atoms with Gasteiger partial charge >= 0.3 is 0 Å². The van der Waals surface area contributed by atoms with Crippen LogP contribution in [0.5, 0.6) is 5.75 Å². The summed E-state index contributed by atoms with van der Waals surface area (Å²) in [7, 11) is 0. The number of carbonyl (C=O) groups is 4. The molecule has 2 N–H and O–H groups in total. The molecule has 0 unspecified atom stereocenters. The van der Waals surface area contributed by atoms with Crippen LogP contribution in [0.25, 0.3) is 6.08 Å². The van der Waals surface area contributed by atoms with Crippen molar-refractivity contribution in [3.8, 4) is 5.75 Å². The molecule has 1 aliphatic heterocycles. The smallest absolute Gasteiger partial charge is 0.261 e. The third kappa shape index (κ3) is 4.81. The summed E-state index contributed by atoms with van der Waals surface area (Å²) in [6.45, 7) is -0.0464. The van der Waals surface area contributed by atoms with E-state index in [1.807, 2.05) is 0 Å². The fraction of sp³-hybridized carbons (Fsp3) is 0.0345. The van der Waals surface area contributed by atoms with Gasteiger partial charge in [0.2, 0.25) is 0 Å². The molecule has 182 valence electrons. The minimum Gasteiger partial charge on any atom is -0.507 e. The summed E-state index contributed by atoms with van der Waals surface area (Å²) in [5, 5.41) is 13.0. The van der Waals surface area contributed by atoms with Crippen molar-refractivity contribution in [3.63, 3.8) is 0 Å². The summed E-state index contributed by atoms with van der Waals surface area (Å²) in [6.07, 6.45) is 4.47. The maximum absolute atomic E-state index is 12.9. The second kappa shape index (κ2) is 9.79. The third-order valence-corrected chi connectivity index (χ3v) is 5.89. The largest absolute Gasteiger partial charge is 0.507 e. The lowest BCUT2D eigenvalue weighted by Gasteiger charge is -2.15. The predicted octanol–water partition coefficient (Wildman–Crippen LogP) is 4.93. The Balaban J connectivity index is 1.27. The Labute approximate surface area is 211 Å². The van der Waals surface area contributed by atoms with Crippen molar-refractivity contribution in [1.82, 2.24) is 4.90 Å². The first-order valence-electron chi connectivity index (χ1n) is 11.3. The number of hydrogen-bond donors (Lipinski definition) is 2. The molecule has 0 fully saturated rings. The maximum Gasteiger partial charge on any atom is 0.261 e. The van der Waals surface area contributed by atoms with E-state index < -0.39 is 17.7 Å². The summed E-state index contributed by atoms with van der Waals surface area (Å²) < 4.78 is 5.16. The fourth-order valence-corrected chi connectivity index (χ4v) is 3.99. The van der Waals surface area contributed by atoms with Crippen LogP contribution in [0, 0.1) is 0 Å². The Morgan fingerprint density at radius 2 is 1.59 bits per heavy atom. The SMILES string of the molecule is O=C(/C=C/c1ccco1)c1ccc(NC(=O)c2cc(CN3C(=O)c4ccccc4C3=O)ccc2O)cc1. The van der Waals surface area contributed by atoms with Crippen LogP contribution in [0.15, 0.2) is 95.6 Å². The topological polar surface area (TPSA) is 117 Å². The van der Waals surface area contributed by atoms with E-state index in [0.29, 0.717) is 33.7 Å². The zero-order chi connectivity index (χ0) is 25.9. The van der Waals surface area contributed by atoms with Crippen LogP contribution in [0.4, 0.5) is 5.69 Å². The molecule has 37 heavy (non-hydrogen) atoms. The van der Waals surface area contributed by atoms with Crippen molar-refractivity contribution in [3.05, 3.63) is 125 Å². The van der Waals surface area contributed by atoms with E-state index >= 15 is 0 Å². The molecular formula is C29H20N2O6. The maximum atomic E-state index is 12.9. The number of nitrogens with one attached hydrogen (secondary N) is 1. The lowest BCUT2D eigenvalue weighted by atomic mass is 10.1. The molecule has 1 aliphatic rings. The highest BCUT2D eigenvalue weighted by atomic mass is 16.3. The average molecular weight is 492 g/mol. The molecule has 0 radical (unpaired) electrons. The van der Waals surface area contributed by atoms with Gasteiger partial charge in [-0.2, -0.15) is 0 Å². The monoisotopic (exact) mass is 492 g/mol. The van der Waals surface area contributed by atoms with Crippen LogP contribution in [0.1, 0.15) is 52.8 Å². The number of carbonyl (C=O) groups excluding carboxylic acids is 4. The van der Waals surface area contributed by atoms with Crippen LogP contribution < -0.4 is 5.32 Å². The Hall–Kier alpha value is -5.24. The number of imide groups is 1. The van der Waals surface area contributed by atoms with Gasteiger partial charge in [-0.25, -0.2) is 0 Å². The molecule has 0 spiro atoms. The number of hydrogen-bond acceptors (Lipinski definition) is 6. The molecule has 1 aromatic heterocycles. The number of rotatable bonds is 7. The predicted molar refractivity (Wildman–Crippen MR) is 135 cm³/mol. The average Bonchev–Trinajstić information content (AvgIpc) is 3.52. The highest BCUT2D eigenvalue weighted by Crippen LogP contribution is 2.26. The normalized spacial score (nSPS) is 12.7. The Morgan fingerprint density at radius 1 is 0.892 bits per heavy atom. The number of nitrogens with zero attached hydrogens (tertiary/aromatic N) is 1. The number of amides is 3. The number of furan rings is 1. The van der Waals surface area contributed by atoms with E-state index in [1.165, 1.54) is 24.5 Å². The molecule has 0 aliphatic carbocycles. The fourth-order valence-electron chi connectivity index (χ4n) is 3.99. The zero-order valence-electron chi connectivity index (χ0n) is 19.4. The van der Waals surface area contributed by atoms with E-state index in [2.05, 4.69) is 5.32 Å². The number of phenols is 1. The highest BCUT2D eigenvalue weighted by molar-refractivity contribution is 6.21. The third-order valence-electron chi connectivity index (χ3n) is 5.89. The Morgan fingerprint density at radius 3 is 2.24 bits per heavy atom. The number of benzene rings is 3. The second-order valence-corrected chi connectivity index (χ2v) is 8.34. The van der Waals surface area contributed by atoms with Gasteiger partial charge in [0.05, 0.1) is 29.5 Å². The minimum atomic E-state index is -0.585. The highest BCUT2D eigenvalue weighted by Gasteiger charge is 2.35. The first kappa shape index (κ1) is 23.5. The Bertz CT molecular complexity index is 1520. The van der Waals surface area contributed by atoms with Gasteiger partial charge in [0.25, 0.3) is 17.7 Å². The summed E-state index contributed by atoms with van der Waals surface area (Å²) in [4.78, 5) is 51.6. The van der Waals surface area contributed by atoms with Gasteiger partial charge in [0.1, 0.15) is 11.5 Å². The molecular weight excluding hydrogens is 472 g/mol. The van der Waals surface area contributed by atoms with Gasteiger partial charge in [0, 0.05) is 11.3 Å². The quantitative estimate of drug-likeness (QED) is 0.215. The van der Waals surface area contributed by atoms with E-state index in [-0.39, 0.29) is 23.6 Å². The van der Waals surface area contributed by atoms with E-state index in [4.69, 9.17) is 4.42 Å². The van der Waals surface area contributed by atoms with Gasteiger partial charge < -0.3 is 14.8 Å². The number of allylic oxidation sites excluding steroid dienone is 1. The van der Waals surface area contributed by atoms with E-state index in [0.717, 1.165) is 4.90 Å². The number of aromatic hydroxyl groups is 1. The van der Waals surface area contributed by atoms with Crippen molar-refractivity contribution in [2.75, 3.05) is 5.32 Å². The van der Waals surface area contributed by atoms with Crippen molar-refractivity contribution < 1.29 is 28.7 Å². The van der Waals surface area contributed by atoms with E-state index in [9.17, 15) is 24.3 Å². The molecule has 4 aromatic rings. The molecule has 3 amide bonds. The van der Waals surface area contributed by atoms with Gasteiger partial charge in [0.15, 0.2) is 5.78 Å². The molecule has 0 saturated carbocycles. The molecule has 0 saturated heterocycles. The Kier molecular flexibility index (Phi) is 6.22. The molecule has 2 heterocycles. The zero-order valence-corrected chi connectivity index (χ0v) is 19.4. The number of ketones is 1. The van der Waals surface area contributed by atoms with Gasteiger partial charge in [-0.15, -0.1) is 0 Å². The van der Waals surface area contributed by atoms with Crippen molar-refractivity contribution >= 4 is 35.3 Å². The van der Waals surface area contributed by atoms with Gasteiger partial charge in [-0.05, 0) is 78.4 Å². The first-order chi connectivity index (χ1) is 17.9. The second-order valence-electron chi connectivity index (χ2n) is 8.34. The van der Waals surface area contributed by atoms with Crippen LogP contribution >= 0.6 is 0 Å². The van der Waals surface area contributed by atoms with Crippen LogP contribution in [-0.2, 0) is 6.54 Å². The number of phenolic OH excluding ortho intramolecular Hbond substituents is 1. The van der Waals surface area contributed by atoms with Crippen LogP contribution in [-0.4, -0.2) is 33.5 Å². The molecule has 0 bridgehead atoms. The molecule has 5 rings (SSSR count). The standard InChI is InChI=1S/C29H20N2O6/c32-25(14-12-21-4-3-15-37-21)19-8-10-20(11-9-19)30-27(34)24-16-18(7-13-26(24)33)17-31-28(35)22-5-1-2-6-23(22)29(31)36/h1-16,33H,17H2,(H,30,34)/b14-12+. The lowest BCUT2D eigenvalue weighted by molar-refractivity contribution is 0.0642.